The maximum atomic E-state index is 6.17. The molecule has 8 aromatic rings. The van der Waals surface area contributed by atoms with Crippen molar-refractivity contribution >= 4 is 43.5 Å². The van der Waals surface area contributed by atoms with Crippen LogP contribution < -0.4 is 9.30 Å². The second-order valence-corrected chi connectivity index (χ2v) is 11.3. The molecule has 0 saturated carbocycles. The van der Waals surface area contributed by atoms with Crippen molar-refractivity contribution in [2.45, 2.75) is 19.9 Å². The first-order chi connectivity index (χ1) is 21.7. The van der Waals surface area contributed by atoms with Gasteiger partial charge in [-0.3, -0.25) is 4.57 Å². The van der Waals surface area contributed by atoms with Gasteiger partial charge in [-0.15, -0.1) is 0 Å². The summed E-state index contributed by atoms with van der Waals surface area (Å²) < 4.78 is 10.7. The third kappa shape index (κ3) is 4.14. The van der Waals surface area contributed by atoms with E-state index in [0.717, 1.165) is 63.5 Å². The number of hydrogen-bond acceptors (Lipinski definition) is 2. The van der Waals surface area contributed by atoms with E-state index in [-0.39, 0.29) is 0 Å². The lowest BCUT2D eigenvalue weighted by atomic mass is 9.93. The number of nitrogens with zero attached hydrogens (tertiary/aromatic N) is 3. The van der Waals surface area contributed by atoms with Crippen LogP contribution in [0.15, 0.2) is 134 Å². The predicted octanol–water partition coefficient (Wildman–Crippen LogP) is 9.53. The number of methoxy groups -OCH3 is 1. The lowest BCUT2D eigenvalue weighted by Gasteiger charge is -2.15. The number of fused-ring (bicyclic) bond motifs is 4. The molecule has 0 saturated heterocycles. The van der Waals surface area contributed by atoms with Crippen molar-refractivity contribution in [2.24, 2.45) is 0 Å². The van der Waals surface area contributed by atoms with E-state index >= 15 is 0 Å². The number of aryl methyl sites for hydroxylation is 1. The molecule has 0 amide bonds. The largest absolute Gasteiger partial charge is 0.490 e. The number of rotatable bonds is 6. The Morgan fingerprint density at radius 3 is 2.14 bits per heavy atom. The van der Waals surface area contributed by atoms with Gasteiger partial charge in [-0.05, 0) is 81.7 Å². The van der Waals surface area contributed by atoms with Crippen molar-refractivity contribution in [3.05, 3.63) is 134 Å². The van der Waals surface area contributed by atoms with Gasteiger partial charge in [-0.2, -0.15) is 4.57 Å². The number of hydrogen-bond donors (Lipinski definition) is 0. The minimum absolute atomic E-state index is 0.912. The molecule has 0 aliphatic heterocycles. The van der Waals surface area contributed by atoms with Crippen molar-refractivity contribution in [3.63, 3.8) is 0 Å². The van der Waals surface area contributed by atoms with Crippen LogP contribution in [-0.4, -0.2) is 16.7 Å². The van der Waals surface area contributed by atoms with E-state index in [1.165, 1.54) is 26.9 Å². The fourth-order valence-electron chi connectivity index (χ4n) is 6.71. The van der Waals surface area contributed by atoms with Gasteiger partial charge < -0.3 is 4.74 Å². The Balaban J connectivity index is 1.37. The maximum Gasteiger partial charge on any atom is 0.255 e. The average Bonchev–Trinajstić information content (AvgIpc) is 3.46. The van der Waals surface area contributed by atoms with Crippen molar-refractivity contribution in [3.8, 4) is 34.0 Å². The van der Waals surface area contributed by atoms with Gasteiger partial charge in [0.25, 0.3) is 5.52 Å². The zero-order valence-corrected chi connectivity index (χ0v) is 24.9. The van der Waals surface area contributed by atoms with E-state index in [1.807, 2.05) is 0 Å². The quantitative estimate of drug-likeness (QED) is 0.147. The summed E-state index contributed by atoms with van der Waals surface area (Å²) in [6, 6.07) is 45.3. The van der Waals surface area contributed by atoms with Crippen LogP contribution in [0, 0.1) is 0 Å². The monoisotopic (exact) mass is 570 g/mol. The van der Waals surface area contributed by atoms with Crippen molar-refractivity contribution in [1.29, 1.82) is 0 Å². The Bertz CT molecular complexity index is 2340. The fraction of sp³-hybridized carbons (Fsp3) is 0.100. The summed E-state index contributed by atoms with van der Waals surface area (Å²) in [6.45, 7) is 3.15. The summed E-state index contributed by atoms with van der Waals surface area (Å²) >= 11 is 0. The molecule has 6 aromatic carbocycles. The van der Waals surface area contributed by atoms with Gasteiger partial charge in [-0.1, -0.05) is 73.7 Å². The molecular weight excluding hydrogens is 538 g/mol. The van der Waals surface area contributed by atoms with Gasteiger partial charge in [-0.25, -0.2) is 4.98 Å². The van der Waals surface area contributed by atoms with Crippen LogP contribution in [0.3, 0.4) is 0 Å². The molecule has 0 aliphatic carbocycles. The fourth-order valence-corrected chi connectivity index (χ4v) is 6.71. The highest BCUT2D eigenvalue weighted by Crippen LogP contribution is 2.41. The van der Waals surface area contributed by atoms with Crippen LogP contribution in [0.4, 0.5) is 0 Å². The molecule has 2 heterocycles. The van der Waals surface area contributed by atoms with Crippen LogP contribution in [0.25, 0.3) is 71.7 Å². The Kier molecular flexibility index (Phi) is 6.34. The summed E-state index contributed by atoms with van der Waals surface area (Å²) in [5.41, 5.74) is 7.68. The highest BCUT2D eigenvalue weighted by molar-refractivity contribution is 6.10. The van der Waals surface area contributed by atoms with Crippen LogP contribution in [0.1, 0.15) is 13.3 Å². The van der Waals surface area contributed by atoms with Gasteiger partial charge in [0.1, 0.15) is 12.4 Å². The van der Waals surface area contributed by atoms with Crippen LogP contribution in [0.2, 0.25) is 0 Å². The maximum absolute atomic E-state index is 6.17. The Morgan fingerprint density at radius 1 is 0.659 bits per heavy atom. The molecule has 0 aliphatic rings. The lowest BCUT2D eigenvalue weighted by Crippen LogP contribution is -2.34. The standard InChI is InChI=1S/C40H32N3O/c1-3-23-42-24-11-14-27-21-22-32(39(44-2)38(27)42)31-17-9-12-28-26-35-29(25-34(28)31)13-10-18-33(35)40-41-36-19-7-8-20-37(36)43(40)30-15-5-4-6-16-30/h4-22,24-26H,3,23H2,1-2H3/q+1. The SMILES string of the molecule is CCC[n+]1cccc2ccc(-c3cccc4cc5c(-c6nc7ccccc7n6-c6ccccc6)cccc5cc34)c(OC)c21. The van der Waals surface area contributed by atoms with E-state index in [4.69, 9.17) is 9.72 Å². The van der Waals surface area contributed by atoms with Gasteiger partial charge in [0.2, 0.25) is 0 Å². The molecule has 0 spiro atoms. The zero-order valence-electron chi connectivity index (χ0n) is 24.9. The molecule has 0 radical (unpaired) electrons. The van der Waals surface area contributed by atoms with Gasteiger partial charge in [0.15, 0.2) is 11.9 Å². The smallest absolute Gasteiger partial charge is 0.255 e. The van der Waals surface area contributed by atoms with E-state index < -0.39 is 0 Å². The second-order valence-electron chi connectivity index (χ2n) is 11.3. The first kappa shape index (κ1) is 26.2. The molecule has 44 heavy (non-hydrogen) atoms. The minimum atomic E-state index is 0.912. The summed E-state index contributed by atoms with van der Waals surface area (Å²) in [5.74, 6) is 1.85. The molecule has 0 atom stereocenters. The molecule has 0 fully saturated rings. The zero-order chi connectivity index (χ0) is 29.6. The molecule has 0 unspecified atom stereocenters. The highest BCUT2D eigenvalue weighted by atomic mass is 16.5. The number of pyridine rings is 1. The predicted molar refractivity (Wildman–Crippen MR) is 181 cm³/mol. The van der Waals surface area contributed by atoms with Crippen LogP contribution >= 0.6 is 0 Å². The number of ether oxygens (including phenoxy) is 1. The Morgan fingerprint density at radius 2 is 1.36 bits per heavy atom. The number of aromatic nitrogens is 3. The highest BCUT2D eigenvalue weighted by Gasteiger charge is 2.21. The third-order valence-electron chi connectivity index (χ3n) is 8.65. The van der Waals surface area contributed by atoms with E-state index in [0.29, 0.717) is 0 Å². The second kappa shape index (κ2) is 10.7. The molecule has 0 N–H and O–H groups in total. The summed E-state index contributed by atoms with van der Waals surface area (Å²) in [5, 5.41) is 5.91. The Hall–Kier alpha value is -5.48. The first-order valence-electron chi connectivity index (χ1n) is 15.2. The third-order valence-corrected chi connectivity index (χ3v) is 8.65. The van der Waals surface area contributed by atoms with E-state index in [1.54, 1.807) is 7.11 Å². The summed E-state index contributed by atoms with van der Waals surface area (Å²) in [4.78, 5) is 5.17. The van der Waals surface area contributed by atoms with Crippen molar-refractivity contribution in [1.82, 2.24) is 9.55 Å². The molecule has 8 rings (SSSR count). The molecule has 212 valence electrons. The van der Waals surface area contributed by atoms with Gasteiger partial charge in [0, 0.05) is 29.3 Å². The Labute approximate surface area is 256 Å². The van der Waals surface area contributed by atoms with E-state index in [2.05, 4.69) is 150 Å². The summed E-state index contributed by atoms with van der Waals surface area (Å²) in [6.07, 6.45) is 3.21. The topological polar surface area (TPSA) is 30.9 Å². The minimum Gasteiger partial charge on any atom is -0.490 e. The van der Waals surface area contributed by atoms with Crippen molar-refractivity contribution in [2.75, 3.05) is 7.11 Å². The lowest BCUT2D eigenvalue weighted by molar-refractivity contribution is -0.671. The molecule has 0 bridgehead atoms. The average molecular weight is 571 g/mol. The van der Waals surface area contributed by atoms with Gasteiger partial charge >= 0.3 is 0 Å². The van der Waals surface area contributed by atoms with Gasteiger partial charge in [0.05, 0.1) is 23.5 Å². The van der Waals surface area contributed by atoms with Crippen LogP contribution in [-0.2, 0) is 6.54 Å². The number of para-hydroxylation sites is 3. The number of imidazole rings is 1. The molecule has 4 nitrogen and oxygen atoms in total. The molecule has 4 heteroatoms. The molecule has 2 aromatic heterocycles. The normalized spacial score (nSPS) is 11.6. The summed E-state index contributed by atoms with van der Waals surface area (Å²) in [7, 11) is 1.78. The number of benzene rings is 6. The van der Waals surface area contributed by atoms with Crippen molar-refractivity contribution < 1.29 is 9.30 Å². The van der Waals surface area contributed by atoms with Crippen LogP contribution in [0.5, 0.6) is 5.75 Å². The first-order valence-corrected chi connectivity index (χ1v) is 15.2. The van der Waals surface area contributed by atoms with E-state index in [9.17, 15) is 0 Å². The molecular formula is C40H32N3O+.